The minimum atomic E-state index is -1.07. The van der Waals surface area contributed by atoms with E-state index >= 15 is 0 Å². The molecule has 2 unspecified atom stereocenters. The number of unbranched alkanes of at least 4 members (excludes halogenated alkanes) is 24. The van der Waals surface area contributed by atoms with Gasteiger partial charge in [-0.1, -0.05) is 174 Å². The monoisotopic (exact) mass is 614 g/mol. The molecule has 0 bridgehead atoms. The Bertz CT molecular complexity index is 561. The van der Waals surface area contributed by atoms with Crippen LogP contribution >= 0.6 is 0 Å². The molecular weight excluding hydrogens is 538 g/mol. The van der Waals surface area contributed by atoms with Gasteiger partial charge < -0.3 is 25.0 Å². The number of hydrogen-bond donors (Lipinski definition) is 3. The largest absolute Gasteiger partial charge is 0.395 e. The van der Waals surface area contributed by atoms with Gasteiger partial charge in [0.05, 0.1) is 19.3 Å². The van der Waals surface area contributed by atoms with Gasteiger partial charge in [0.1, 0.15) is 6.10 Å². The van der Waals surface area contributed by atoms with Crippen molar-refractivity contribution in [1.82, 2.24) is 4.90 Å². The number of ether oxygens (including phenoxy) is 1. The number of amides is 1. The first-order valence-corrected chi connectivity index (χ1v) is 18.9. The minimum absolute atomic E-state index is 0.0770. The number of nitrogens with zero attached hydrogens (tertiary/aromatic N) is 1. The Hall–Kier alpha value is -0.690. The molecule has 0 rings (SSSR count). The number of carbonyl (C=O) groups is 1. The Morgan fingerprint density at radius 1 is 0.581 bits per heavy atom. The molecule has 0 aromatic rings. The van der Waals surface area contributed by atoms with Crippen molar-refractivity contribution in [2.75, 3.05) is 32.9 Å². The number of carbonyl (C=O) groups excluding carboxylic acids is 1. The predicted octanol–water partition coefficient (Wildman–Crippen LogP) is 9.12. The van der Waals surface area contributed by atoms with Crippen LogP contribution in [0.3, 0.4) is 0 Å². The molecule has 6 heteroatoms. The molecule has 3 N–H and O–H groups in total. The molecule has 0 aromatic carbocycles. The summed E-state index contributed by atoms with van der Waals surface area (Å²) in [5, 5.41) is 30.2. The minimum Gasteiger partial charge on any atom is -0.395 e. The van der Waals surface area contributed by atoms with Crippen molar-refractivity contribution in [3.05, 3.63) is 0 Å². The summed E-state index contributed by atoms with van der Waals surface area (Å²) in [5.41, 5.74) is 0. The molecule has 0 spiro atoms. The molecule has 0 heterocycles. The van der Waals surface area contributed by atoms with E-state index in [9.17, 15) is 20.1 Å². The van der Waals surface area contributed by atoms with Crippen molar-refractivity contribution < 1.29 is 24.9 Å². The maximum Gasteiger partial charge on any atom is 0.251 e. The van der Waals surface area contributed by atoms with E-state index in [1.165, 1.54) is 140 Å². The Morgan fingerprint density at radius 3 is 1.35 bits per heavy atom. The second-order valence-electron chi connectivity index (χ2n) is 13.0. The lowest BCUT2D eigenvalue weighted by atomic mass is 10.0. The fourth-order valence-corrected chi connectivity index (χ4v) is 5.85. The van der Waals surface area contributed by atoms with Crippen LogP contribution < -0.4 is 0 Å². The fourth-order valence-electron chi connectivity index (χ4n) is 5.85. The van der Waals surface area contributed by atoms with Crippen molar-refractivity contribution in [2.45, 2.75) is 199 Å². The van der Waals surface area contributed by atoms with E-state index in [0.29, 0.717) is 13.0 Å². The Morgan fingerprint density at radius 2 is 0.953 bits per heavy atom. The SMILES string of the molecule is CCCCCCCCCCCCCCCCOCC(O)CN(CCO)C(=O)C(O)CCCCCCCCCCCCCC. The summed E-state index contributed by atoms with van der Waals surface area (Å²) in [7, 11) is 0. The van der Waals surface area contributed by atoms with Crippen LogP contribution in [0.5, 0.6) is 0 Å². The third-order valence-electron chi connectivity index (χ3n) is 8.68. The fraction of sp³-hybridized carbons (Fsp3) is 0.973. The molecule has 2 atom stereocenters. The third kappa shape index (κ3) is 29.8. The van der Waals surface area contributed by atoms with Crippen LogP contribution in [0.25, 0.3) is 0 Å². The van der Waals surface area contributed by atoms with Gasteiger partial charge in [-0.3, -0.25) is 4.79 Å². The molecule has 0 saturated carbocycles. The maximum atomic E-state index is 12.7. The summed E-state index contributed by atoms with van der Waals surface area (Å²) in [6, 6.07) is 0. The smallest absolute Gasteiger partial charge is 0.251 e. The Kier molecular flexibility index (Phi) is 33.6. The molecule has 1 amide bonds. The summed E-state index contributed by atoms with van der Waals surface area (Å²) < 4.78 is 5.66. The van der Waals surface area contributed by atoms with Crippen molar-refractivity contribution in [3.8, 4) is 0 Å². The van der Waals surface area contributed by atoms with E-state index in [1.807, 2.05) is 0 Å². The number of aliphatic hydroxyl groups excluding tert-OH is 3. The van der Waals surface area contributed by atoms with Gasteiger partial charge in [-0.2, -0.15) is 0 Å². The first-order chi connectivity index (χ1) is 21.1. The zero-order valence-corrected chi connectivity index (χ0v) is 28.9. The molecule has 6 nitrogen and oxygen atoms in total. The van der Waals surface area contributed by atoms with E-state index in [2.05, 4.69) is 13.8 Å². The molecule has 0 aliphatic carbocycles. The highest BCUT2D eigenvalue weighted by Crippen LogP contribution is 2.15. The van der Waals surface area contributed by atoms with Crippen LogP contribution in [0.1, 0.15) is 187 Å². The van der Waals surface area contributed by atoms with E-state index in [0.717, 1.165) is 32.1 Å². The second kappa shape index (κ2) is 34.2. The highest BCUT2D eigenvalue weighted by Gasteiger charge is 2.23. The van der Waals surface area contributed by atoms with Gasteiger partial charge in [0.2, 0.25) is 0 Å². The van der Waals surface area contributed by atoms with Gasteiger partial charge >= 0.3 is 0 Å². The van der Waals surface area contributed by atoms with Crippen LogP contribution in [0.2, 0.25) is 0 Å². The van der Waals surface area contributed by atoms with Crippen LogP contribution in [-0.2, 0) is 9.53 Å². The molecule has 0 saturated heterocycles. The molecule has 0 fully saturated rings. The van der Waals surface area contributed by atoms with Gasteiger partial charge in [0.25, 0.3) is 5.91 Å². The van der Waals surface area contributed by atoms with Crippen LogP contribution in [0.4, 0.5) is 0 Å². The number of aliphatic hydroxyl groups is 3. The van der Waals surface area contributed by atoms with Gasteiger partial charge in [0.15, 0.2) is 0 Å². The maximum absolute atomic E-state index is 12.7. The molecule has 0 aliphatic heterocycles. The lowest BCUT2D eigenvalue weighted by molar-refractivity contribution is -0.143. The lowest BCUT2D eigenvalue weighted by Gasteiger charge is -2.26. The zero-order valence-electron chi connectivity index (χ0n) is 28.9. The summed E-state index contributed by atoms with van der Waals surface area (Å²) in [6.45, 7) is 5.31. The van der Waals surface area contributed by atoms with E-state index in [1.54, 1.807) is 0 Å². The topological polar surface area (TPSA) is 90.2 Å². The third-order valence-corrected chi connectivity index (χ3v) is 8.68. The van der Waals surface area contributed by atoms with Gasteiger partial charge in [-0.15, -0.1) is 0 Å². The summed E-state index contributed by atoms with van der Waals surface area (Å²) in [5.74, 6) is -0.400. The lowest BCUT2D eigenvalue weighted by Crippen LogP contribution is -2.45. The average molecular weight is 614 g/mol. The molecule has 258 valence electrons. The van der Waals surface area contributed by atoms with E-state index in [-0.39, 0.29) is 26.3 Å². The van der Waals surface area contributed by atoms with Crippen molar-refractivity contribution >= 4 is 5.91 Å². The number of hydrogen-bond acceptors (Lipinski definition) is 5. The average Bonchev–Trinajstić information content (AvgIpc) is 3.00. The molecule has 43 heavy (non-hydrogen) atoms. The molecule has 0 aliphatic rings. The summed E-state index contributed by atoms with van der Waals surface area (Å²) in [4.78, 5) is 14.1. The zero-order chi connectivity index (χ0) is 31.6. The second-order valence-corrected chi connectivity index (χ2v) is 13.0. The van der Waals surface area contributed by atoms with Crippen molar-refractivity contribution in [3.63, 3.8) is 0 Å². The highest BCUT2D eigenvalue weighted by molar-refractivity contribution is 5.80. The Labute approximate surface area is 267 Å². The standard InChI is InChI=1S/C37H75NO5/c1-3-5-7-9-11-13-15-17-18-20-22-24-26-28-32-43-34-35(40)33-38(30-31-39)37(42)36(41)29-27-25-23-21-19-16-14-12-10-8-6-4-2/h35-36,39-41H,3-34H2,1-2H3. The molecule has 0 aromatic heterocycles. The van der Waals surface area contributed by atoms with Gasteiger partial charge in [0, 0.05) is 19.7 Å². The predicted molar refractivity (Wildman–Crippen MR) is 183 cm³/mol. The van der Waals surface area contributed by atoms with Gasteiger partial charge in [-0.25, -0.2) is 0 Å². The van der Waals surface area contributed by atoms with Crippen molar-refractivity contribution in [2.24, 2.45) is 0 Å². The van der Waals surface area contributed by atoms with Crippen LogP contribution in [0, 0.1) is 0 Å². The molecule has 0 radical (unpaired) electrons. The first kappa shape index (κ1) is 42.3. The summed E-state index contributed by atoms with van der Waals surface area (Å²) >= 11 is 0. The van der Waals surface area contributed by atoms with Gasteiger partial charge in [-0.05, 0) is 12.8 Å². The number of rotatable bonds is 35. The van der Waals surface area contributed by atoms with E-state index in [4.69, 9.17) is 4.74 Å². The summed E-state index contributed by atoms with van der Waals surface area (Å²) in [6.07, 6.45) is 31.9. The first-order valence-electron chi connectivity index (χ1n) is 18.9. The van der Waals surface area contributed by atoms with Crippen LogP contribution in [0.15, 0.2) is 0 Å². The van der Waals surface area contributed by atoms with Crippen LogP contribution in [-0.4, -0.2) is 71.2 Å². The normalized spacial score (nSPS) is 13.0. The quantitative estimate of drug-likeness (QED) is 0.0620. The highest BCUT2D eigenvalue weighted by atomic mass is 16.5. The van der Waals surface area contributed by atoms with Crippen molar-refractivity contribution in [1.29, 1.82) is 0 Å². The molecular formula is C37H75NO5. The Balaban J connectivity index is 3.75. The van der Waals surface area contributed by atoms with E-state index < -0.39 is 18.1 Å².